The summed E-state index contributed by atoms with van der Waals surface area (Å²) in [6, 6.07) is 5.11. The Morgan fingerprint density at radius 3 is 2.85 bits per heavy atom. The van der Waals surface area contributed by atoms with Crippen molar-refractivity contribution < 1.29 is 13.2 Å². The first-order valence-electron chi connectivity index (χ1n) is 6.52. The summed E-state index contributed by atoms with van der Waals surface area (Å²) in [5.74, 6) is -0.154. The molecule has 0 aliphatic carbocycles. The number of nitrogens with one attached hydrogen (secondary N) is 1. The number of anilines is 1. The molecule has 20 heavy (non-hydrogen) atoms. The largest absolute Gasteiger partial charge is 0.352 e. The molecule has 0 radical (unpaired) electrons. The van der Waals surface area contributed by atoms with Crippen LogP contribution in [0.25, 0.3) is 0 Å². The fraction of sp³-hybridized carbons (Fsp3) is 0.462. The van der Waals surface area contributed by atoms with Crippen LogP contribution in [0.1, 0.15) is 22.3 Å². The van der Waals surface area contributed by atoms with E-state index in [-0.39, 0.29) is 5.91 Å². The molecule has 7 heteroatoms. The maximum Gasteiger partial charge on any atom is 0.251 e. The molecular formula is C13H19N3O3S. The van der Waals surface area contributed by atoms with Crippen LogP contribution >= 0.6 is 0 Å². The predicted molar refractivity (Wildman–Crippen MR) is 78.3 cm³/mol. The normalized spacial score (nSPS) is 14.2. The van der Waals surface area contributed by atoms with Crippen LogP contribution in [0, 0.1) is 0 Å². The third-order valence-electron chi connectivity index (χ3n) is 3.26. The number of sulfonamides is 1. The van der Waals surface area contributed by atoms with Crippen molar-refractivity contribution in [3.8, 4) is 0 Å². The van der Waals surface area contributed by atoms with Gasteiger partial charge in [0.2, 0.25) is 10.0 Å². The summed E-state index contributed by atoms with van der Waals surface area (Å²) in [5.41, 5.74) is 7.48. The number of amides is 1. The van der Waals surface area contributed by atoms with E-state index in [2.05, 4.69) is 5.32 Å². The lowest BCUT2D eigenvalue weighted by Crippen LogP contribution is -2.27. The summed E-state index contributed by atoms with van der Waals surface area (Å²) in [6.07, 6.45) is 2.56. The summed E-state index contributed by atoms with van der Waals surface area (Å²) in [5, 5.41) is 2.78. The topological polar surface area (TPSA) is 92.5 Å². The van der Waals surface area contributed by atoms with Gasteiger partial charge in [0.25, 0.3) is 5.91 Å². The molecule has 0 spiro atoms. The van der Waals surface area contributed by atoms with Gasteiger partial charge in [-0.2, -0.15) is 0 Å². The van der Waals surface area contributed by atoms with Crippen molar-refractivity contribution >= 4 is 21.6 Å². The van der Waals surface area contributed by atoms with Gasteiger partial charge in [0.1, 0.15) is 0 Å². The Morgan fingerprint density at radius 1 is 1.45 bits per heavy atom. The minimum Gasteiger partial charge on any atom is -0.352 e. The lowest BCUT2D eigenvalue weighted by Gasteiger charge is -2.16. The van der Waals surface area contributed by atoms with Gasteiger partial charge in [-0.1, -0.05) is 0 Å². The number of nitrogens with zero attached hydrogens (tertiary/aromatic N) is 1. The van der Waals surface area contributed by atoms with E-state index in [1.807, 2.05) is 0 Å². The van der Waals surface area contributed by atoms with E-state index in [1.54, 1.807) is 18.2 Å². The average Bonchev–Trinajstić information content (AvgIpc) is 2.81. The first kappa shape index (κ1) is 14.8. The second kappa shape index (κ2) is 5.80. The lowest BCUT2D eigenvalue weighted by molar-refractivity contribution is 0.0953. The molecule has 0 saturated carbocycles. The van der Waals surface area contributed by atoms with Gasteiger partial charge in [0.15, 0.2) is 0 Å². The van der Waals surface area contributed by atoms with Crippen molar-refractivity contribution in [2.24, 2.45) is 5.73 Å². The zero-order chi connectivity index (χ0) is 14.8. The van der Waals surface area contributed by atoms with Crippen LogP contribution in [-0.4, -0.2) is 40.2 Å². The molecule has 0 saturated heterocycles. The number of hydrogen-bond acceptors (Lipinski definition) is 4. The maximum atomic E-state index is 11.9. The fourth-order valence-electron chi connectivity index (χ4n) is 2.26. The molecule has 1 aliphatic heterocycles. The smallest absolute Gasteiger partial charge is 0.251 e. The molecule has 1 aliphatic rings. The van der Waals surface area contributed by atoms with Gasteiger partial charge >= 0.3 is 0 Å². The minimum absolute atomic E-state index is 0.154. The predicted octanol–water partition coefficient (Wildman–Crippen LogP) is 0.0873. The van der Waals surface area contributed by atoms with E-state index < -0.39 is 10.0 Å². The quantitative estimate of drug-likeness (QED) is 0.753. The van der Waals surface area contributed by atoms with E-state index >= 15 is 0 Å². The van der Waals surface area contributed by atoms with Crippen molar-refractivity contribution in [3.05, 3.63) is 29.3 Å². The molecule has 0 unspecified atom stereocenters. The number of rotatable bonds is 5. The van der Waals surface area contributed by atoms with Gasteiger partial charge in [-0.3, -0.25) is 9.10 Å². The lowest BCUT2D eigenvalue weighted by atomic mass is 10.1. The number of fused-ring (bicyclic) bond motifs is 1. The molecule has 1 aromatic carbocycles. The van der Waals surface area contributed by atoms with Gasteiger partial charge in [-0.15, -0.1) is 0 Å². The van der Waals surface area contributed by atoms with Gasteiger partial charge in [0.05, 0.1) is 11.9 Å². The van der Waals surface area contributed by atoms with Crippen LogP contribution in [0.4, 0.5) is 5.69 Å². The van der Waals surface area contributed by atoms with Crippen LogP contribution in [0.5, 0.6) is 0 Å². The van der Waals surface area contributed by atoms with E-state index in [1.165, 1.54) is 10.6 Å². The van der Waals surface area contributed by atoms with E-state index in [4.69, 9.17) is 5.73 Å². The first-order valence-corrected chi connectivity index (χ1v) is 8.37. The summed E-state index contributed by atoms with van der Waals surface area (Å²) in [7, 11) is -3.25. The van der Waals surface area contributed by atoms with Crippen LogP contribution in [0.3, 0.4) is 0 Å². The van der Waals surface area contributed by atoms with Crippen molar-refractivity contribution in [3.63, 3.8) is 0 Å². The first-order chi connectivity index (χ1) is 9.43. The monoisotopic (exact) mass is 297 g/mol. The number of nitrogens with two attached hydrogens (primary N) is 1. The Morgan fingerprint density at radius 2 is 2.20 bits per heavy atom. The molecule has 2 rings (SSSR count). The van der Waals surface area contributed by atoms with Crippen LogP contribution < -0.4 is 15.4 Å². The third-order valence-corrected chi connectivity index (χ3v) is 4.44. The number of carbonyl (C=O) groups is 1. The second-order valence-corrected chi connectivity index (χ2v) is 6.73. The van der Waals surface area contributed by atoms with Crippen LogP contribution in [0.2, 0.25) is 0 Å². The van der Waals surface area contributed by atoms with Crippen molar-refractivity contribution in [1.82, 2.24) is 5.32 Å². The Labute approximate surface area is 119 Å². The van der Waals surface area contributed by atoms with Crippen molar-refractivity contribution in [2.75, 3.05) is 30.2 Å². The summed E-state index contributed by atoms with van der Waals surface area (Å²) >= 11 is 0. The number of carbonyl (C=O) groups excluding carboxylic acids is 1. The SMILES string of the molecule is CS(=O)(=O)N1CCc2cc(C(=O)NCCCN)ccc21. The molecule has 0 aromatic heterocycles. The van der Waals surface area contributed by atoms with Crippen LogP contribution in [-0.2, 0) is 16.4 Å². The zero-order valence-electron chi connectivity index (χ0n) is 11.4. The minimum atomic E-state index is -3.25. The van der Waals surface area contributed by atoms with Crippen LogP contribution in [0.15, 0.2) is 18.2 Å². The van der Waals surface area contributed by atoms with Gasteiger partial charge < -0.3 is 11.1 Å². The third kappa shape index (κ3) is 3.10. The summed E-state index contributed by atoms with van der Waals surface area (Å²) in [4.78, 5) is 11.9. The molecule has 1 heterocycles. The highest BCUT2D eigenvalue weighted by atomic mass is 32.2. The van der Waals surface area contributed by atoms with E-state index in [9.17, 15) is 13.2 Å². The molecule has 1 aromatic rings. The van der Waals surface area contributed by atoms with Gasteiger partial charge in [0, 0.05) is 18.7 Å². The molecule has 0 atom stereocenters. The number of hydrogen-bond donors (Lipinski definition) is 2. The fourth-order valence-corrected chi connectivity index (χ4v) is 3.22. The van der Waals surface area contributed by atoms with Gasteiger partial charge in [-0.25, -0.2) is 8.42 Å². The maximum absolute atomic E-state index is 11.9. The summed E-state index contributed by atoms with van der Waals surface area (Å²) in [6.45, 7) is 1.52. The Balaban J connectivity index is 2.16. The molecule has 110 valence electrons. The van der Waals surface area contributed by atoms with E-state index in [0.717, 1.165) is 12.0 Å². The second-order valence-electron chi connectivity index (χ2n) is 4.83. The van der Waals surface area contributed by atoms with Crippen molar-refractivity contribution in [1.29, 1.82) is 0 Å². The van der Waals surface area contributed by atoms with Crippen molar-refractivity contribution in [2.45, 2.75) is 12.8 Å². The Bertz CT molecular complexity index is 613. The van der Waals surface area contributed by atoms with E-state index in [0.29, 0.717) is 37.3 Å². The highest BCUT2D eigenvalue weighted by molar-refractivity contribution is 7.92. The Kier molecular flexibility index (Phi) is 4.29. The average molecular weight is 297 g/mol. The molecule has 3 N–H and O–H groups in total. The molecule has 6 nitrogen and oxygen atoms in total. The standard InChI is InChI=1S/C13H19N3O3S/c1-20(18,19)16-8-5-10-9-11(3-4-12(10)16)13(17)15-7-2-6-14/h3-4,9H,2,5-8,14H2,1H3,(H,15,17). The molecule has 0 fully saturated rings. The Hall–Kier alpha value is -1.60. The highest BCUT2D eigenvalue weighted by Crippen LogP contribution is 2.30. The molecule has 0 bridgehead atoms. The zero-order valence-corrected chi connectivity index (χ0v) is 12.2. The van der Waals surface area contributed by atoms with Gasteiger partial charge in [-0.05, 0) is 43.1 Å². The molecule has 1 amide bonds. The molecular weight excluding hydrogens is 278 g/mol. The number of benzene rings is 1. The highest BCUT2D eigenvalue weighted by Gasteiger charge is 2.26. The summed E-state index contributed by atoms with van der Waals surface area (Å²) < 4.78 is 24.6.